The van der Waals surface area contributed by atoms with Crippen molar-refractivity contribution in [1.29, 1.82) is 0 Å². The minimum Gasteiger partial charge on any atom is -0.381 e. The molecule has 5 heteroatoms. The van der Waals surface area contributed by atoms with Crippen LogP contribution in [-0.4, -0.2) is 36.7 Å². The number of carbonyl (C=O) groups is 1. The molecule has 4 nitrogen and oxygen atoms in total. The molecule has 1 aromatic rings. The fourth-order valence-electron chi connectivity index (χ4n) is 2.78. The number of nitrogens with zero attached hydrogens (tertiary/aromatic N) is 1. The van der Waals surface area contributed by atoms with Crippen LogP contribution in [0.4, 0.5) is 4.79 Å². The molecule has 102 valence electrons. The van der Waals surface area contributed by atoms with E-state index in [9.17, 15) is 4.79 Å². The van der Waals surface area contributed by atoms with E-state index >= 15 is 0 Å². The van der Waals surface area contributed by atoms with Crippen LogP contribution >= 0.6 is 15.9 Å². The highest BCUT2D eigenvalue weighted by atomic mass is 79.9. The van der Waals surface area contributed by atoms with E-state index in [1.54, 1.807) is 0 Å². The lowest BCUT2D eigenvalue weighted by atomic mass is 10.1. The highest BCUT2D eigenvalue weighted by Gasteiger charge is 2.35. The van der Waals surface area contributed by atoms with E-state index in [2.05, 4.69) is 33.4 Å². The Morgan fingerprint density at radius 1 is 1.32 bits per heavy atom. The van der Waals surface area contributed by atoms with Crippen LogP contribution in [0.3, 0.4) is 0 Å². The summed E-state index contributed by atoms with van der Waals surface area (Å²) in [5, 5.41) is 3.07. The molecule has 0 spiro atoms. The average Bonchev–Trinajstić information content (AvgIpc) is 2.82. The molecule has 19 heavy (non-hydrogen) atoms. The van der Waals surface area contributed by atoms with Gasteiger partial charge in [0.15, 0.2) is 0 Å². The Labute approximate surface area is 121 Å². The second-order valence-corrected chi connectivity index (χ2v) is 5.97. The Morgan fingerprint density at radius 3 is 2.84 bits per heavy atom. The van der Waals surface area contributed by atoms with Gasteiger partial charge in [-0.25, -0.2) is 4.79 Å². The Kier molecular flexibility index (Phi) is 3.75. The SMILES string of the molecule is O=C1NC(c2cccc(Br)c2)CN1C1CCOCC1. The average molecular weight is 325 g/mol. The van der Waals surface area contributed by atoms with Crippen molar-refractivity contribution in [2.45, 2.75) is 24.9 Å². The third-order valence-electron chi connectivity index (χ3n) is 3.82. The molecule has 0 bridgehead atoms. The monoisotopic (exact) mass is 324 g/mol. The summed E-state index contributed by atoms with van der Waals surface area (Å²) in [7, 11) is 0. The molecule has 2 saturated heterocycles. The first kappa shape index (κ1) is 12.9. The number of hydrogen-bond acceptors (Lipinski definition) is 2. The van der Waals surface area contributed by atoms with Crippen molar-refractivity contribution in [2.75, 3.05) is 19.8 Å². The molecule has 2 aliphatic heterocycles. The molecule has 1 N–H and O–H groups in total. The Morgan fingerprint density at radius 2 is 2.11 bits per heavy atom. The van der Waals surface area contributed by atoms with E-state index in [4.69, 9.17) is 4.74 Å². The van der Waals surface area contributed by atoms with Gasteiger partial charge >= 0.3 is 6.03 Å². The van der Waals surface area contributed by atoms with E-state index in [0.717, 1.165) is 42.6 Å². The molecule has 0 aliphatic carbocycles. The highest BCUT2D eigenvalue weighted by molar-refractivity contribution is 9.10. The Bertz CT molecular complexity index is 474. The van der Waals surface area contributed by atoms with Gasteiger partial charge in [-0.1, -0.05) is 28.1 Å². The molecule has 2 fully saturated rings. The van der Waals surface area contributed by atoms with Crippen molar-refractivity contribution in [2.24, 2.45) is 0 Å². The maximum atomic E-state index is 12.1. The number of rotatable bonds is 2. The van der Waals surface area contributed by atoms with Crippen molar-refractivity contribution in [3.8, 4) is 0 Å². The fraction of sp³-hybridized carbons (Fsp3) is 0.500. The zero-order chi connectivity index (χ0) is 13.2. The van der Waals surface area contributed by atoms with Crippen LogP contribution < -0.4 is 5.32 Å². The van der Waals surface area contributed by atoms with Crippen LogP contribution in [0.25, 0.3) is 0 Å². The summed E-state index contributed by atoms with van der Waals surface area (Å²) in [5.74, 6) is 0. The minimum absolute atomic E-state index is 0.0527. The topological polar surface area (TPSA) is 41.6 Å². The number of carbonyl (C=O) groups excluding carboxylic acids is 1. The zero-order valence-corrected chi connectivity index (χ0v) is 12.2. The lowest BCUT2D eigenvalue weighted by Gasteiger charge is -2.30. The van der Waals surface area contributed by atoms with Crippen LogP contribution in [0.1, 0.15) is 24.4 Å². The highest BCUT2D eigenvalue weighted by Crippen LogP contribution is 2.26. The number of nitrogens with one attached hydrogen (secondary N) is 1. The third kappa shape index (κ3) is 2.77. The summed E-state index contributed by atoms with van der Waals surface area (Å²) >= 11 is 3.47. The molecular formula is C14H17BrN2O2. The maximum Gasteiger partial charge on any atom is 0.318 e. The largest absolute Gasteiger partial charge is 0.381 e. The van der Waals surface area contributed by atoms with Crippen LogP contribution in [0.2, 0.25) is 0 Å². The number of ether oxygens (including phenoxy) is 1. The summed E-state index contributed by atoms with van der Waals surface area (Å²) in [4.78, 5) is 14.1. The van der Waals surface area contributed by atoms with Gasteiger partial charge in [-0.2, -0.15) is 0 Å². The van der Waals surface area contributed by atoms with Crippen LogP contribution in [-0.2, 0) is 4.74 Å². The van der Waals surface area contributed by atoms with Crippen molar-refractivity contribution in [1.82, 2.24) is 10.2 Å². The van der Waals surface area contributed by atoms with Crippen LogP contribution in [0, 0.1) is 0 Å². The first-order valence-electron chi connectivity index (χ1n) is 6.64. The second-order valence-electron chi connectivity index (χ2n) is 5.05. The number of amides is 2. The smallest absolute Gasteiger partial charge is 0.318 e. The molecule has 0 radical (unpaired) electrons. The lowest BCUT2D eigenvalue weighted by Crippen LogP contribution is -2.41. The van der Waals surface area contributed by atoms with Gasteiger partial charge in [0.05, 0.1) is 6.04 Å². The van der Waals surface area contributed by atoms with Crippen molar-refractivity contribution < 1.29 is 9.53 Å². The summed E-state index contributed by atoms with van der Waals surface area (Å²) in [6.45, 7) is 2.27. The fourth-order valence-corrected chi connectivity index (χ4v) is 3.20. The standard InChI is InChI=1S/C14H17BrN2O2/c15-11-3-1-2-10(8-11)13-9-17(14(18)16-13)12-4-6-19-7-5-12/h1-3,8,12-13H,4-7,9H2,(H,16,18). The molecule has 2 heterocycles. The second kappa shape index (κ2) is 5.51. The Balaban J connectivity index is 1.72. The third-order valence-corrected chi connectivity index (χ3v) is 4.31. The van der Waals surface area contributed by atoms with Gasteiger partial charge in [0.1, 0.15) is 0 Å². The lowest BCUT2D eigenvalue weighted by molar-refractivity contribution is 0.0510. The molecule has 0 aromatic heterocycles. The molecule has 2 amide bonds. The van der Waals surface area contributed by atoms with Gasteiger partial charge in [-0.3, -0.25) is 0 Å². The number of urea groups is 1. The normalized spacial score (nSPS) is 24.6. The molecule has 1 aromatic carbocycles. The van der Waals surface area contributed by atoms with Gasteiger partial charge in [-0.05, 0) is 30.5 Å². The summed E-state index contributed by atoms with van der Waals surface area (Å²) in [6.07, 6.45) is 1.89. The van der Waals surface area contributed by atoms with E-state index < -0.39 is 0 Å². The van der Waals surface area contributed by atoms with Gasteiger partial charge in [0, 0.05) is 30.3 Å². The van der Waals surface area contributed by atoms with Crippen molar-refractivity contribution >= 4 is 22.0 Å². The molecule has 0 saturated carbocycles. The van der Waals surface area contributed by atoms with E-state index in [1.807, 2.05) is 17.0 Å². The van der Waals surface area contributed by atoms with E-state index in [1.165, 1.54) is 0 Å². The van der Waals surface area contributed by atoms with Gasteiger partial charge in [0.2, 0.25) is 0 Å². The maximum absolute atomic E-state index is 12.1. The number of halogens is 1. The minimum atomic E-state index is 0.0527. The summed E-state index contributed by atoms with van der Waals surface area (Å²) < 4.78 is 6.40. The number of benzene rings is 1. The van der Waals surface area contributed by atoms with Gasteiger partial charge in [0.25, 0.3) is 0 Å². The van der Waals surface area contributed by atoms with Crippen LogP contribution in [0.5, 0.6) is 0 Å². The molecule has 3 rings (SSSR count). The first-order chi connectivity index (χ1) is 9.24. The zero-order valence-electron chi connectivity index (χ0n) is 10.6. The van der Waals surface area contributed by atoms with Gasteiger partial charge < -0.3 is 15.0 Å². The number of hydrogen-bond donors (Lipinski definition) is 1. The van der Waals surface area contributed by atoms with Crippen molar-refractivity contribution in [3.05, 3.63) is 34.3 Å². The van der Waals surface area contributed by atoms with Gasteiger partial charge in [-0.15, -0.1) is 0 Å². The molecule has 2 aliphatic rings. The Hall–Kier alpha value is -1.07. The molecule has 1 atom stereocenters. The summed E-state index contributed by atoms with van der Waals surface area (Å²) in [6, 6.07) is 8.59. The summed E-state index contributed by atoms with van der Waals surface area (Å²) in [5.41, 5.74) is 1.15. The van der Waals surface area contributed by atoms with Crippen LogP contribution in [0.15, 0.2) is 28.7 Å². The predicted molar refractivity (Wildman–Crippen MR) is 76.0 cm³/mol. The van der Waals surface area contributed by atoms with E-state index in [0.29, 0.717) is 6.04 Å². The predicted octanol–water partition coefficient (Wildman–Crippen LogP) is 2.69. The quantitative estimate of drug-likeness (QED) is 0.908. The van der Waals surface area contributed by atoms with Crippen molar-refractivity contribution in [3.63, 3.8) is 0 Å². The van der Waals surface area contributed by atoms with E-state index in [-0.39, 0.29) is 12.1 Å². The molecule has 1 unspecified atom stereocenters. The first-order valence-corrected chi connectivity index (χ1v) is 7.43. The molecular weight excluding hydrogens is 308 g/mol.